The molecule has 1 N–H and O–H groups in total. The van der Waals surface area contributed by atoms with Crippen molar-refractivity contribution in [3.8, 4) is 0 Å². The molecule has 8 nitrogen and oxygen atoms in total. The maximum absolute atomic E-state index is 13.3. The molecular formula is C28H46N4O4. The van der Waals surface area contributed by atoms with Gasteiger partial charge in [-0.15, -0.1) is 0 Å². The maximum atomic E-state index is 13.3. The first kappa shape index (κ1) is 29.8. The summed E-state index contributed by atoms with van der Waals surface area (Å²) in [6, 6.07) is 7.39. The normalized spacial score (nSPS) is 17.6. The molecule has 0 saturated carbocycles. The number of β-lactam (4-membered cyclic amide) rings is 1. The molecule has 2 rings (SSSR count). The van der Waals surface area contributed by atoms with Gasteiger partial charge in [0.15, 0.2) is 6.23 Å². The van der Waals surface area contributed by atoms with Gasteiger partial charge >= 0.3 is 6.03 Å². The van der Waals surface area contributed by atoms with Gasteiger partial charge in [0.25, 0.3) is 0 Å². The number of nitrogens with zero attached hydrogens (tertiary/aromatic N) is 3. The third-order valence-electron chi connectivity index (χ3n) is 7.62. The Morgan fingerprint density at radius 3 is 2.19 bits per heavy atom. The molecule has 1 fully saturated rings. The van der Waals surface area contributed by atoms with E-state index in [2.05, 4.69) is 31.0 Å². The summed E-state index contributed by atoms with van der Waals surface area (Å²) < 4.78 is 6.02. The minimum atomic E-state index is -0.790. The Hall–Kier alpha value is -2.45. The Labute approximate surface area is 217 Å². The molecule has 1 aliphatic rings. The molecule has 0 aromatic heterocycles. The molecule has 0 bridgehead atoms. The van der Waals surface area contributed by atoms with E-state index in [1.807, 2.05) is 45.0 Å². The summed E-state index contributed by atoms with van der Waals surface area (Å²) in [6.07, 6.45) is 1.96. The Bertz CT molecular complexity index is 865. The van der Waals surface area contributed by atoms with Crippen LogP contribution in [0.3, 0.4) is 0 Å². The van der Waals surface area contributed by atoms with Gasteiger partial charge in [0.1, 0.15) is 6.61 Å². The lowest BCUT2D eigenvalue weighted by molar-refractivity contribution is -0.211. The van der Waals surface area contributed by atoms with Crippen molar-refractivity contribution in [2.45, 2.75) is 79.5 Å². The molecule has 0 unspecified atom stereocenters. The van der Waals surface area contributed by atoms with E-state index >= 15 is 0 Å². The number of ether oxygens (including phenoxy) is 1. The summed E-state index contributed by atoms with van der Waals surface area (Å²) in [5.74, 6) is -0.400. The highest BCUT2D eigenvalue weighted by Crippen LogP contribution is 2.46. The summed E-state index contributed by atoms with van der Waals surface area (Å²) in [4.78, 5) is 44.4. The Balaban J connectivity index is 2.11. The van der Waals surface area contributed by atoms with Crippen LogP contribution in [0.25, 0.3) is 0 Å². The zero-order valence-corrected chi connectivity index (χ0v) is 23.3. The minimum absolute atomic E-state index is 0.161. The second kappa shape index (κ2) is 13.7. The number of hydrogen-bond acceptors (Lipinski definition) is 5. The van der Waals surface area contributed by atoms with Crippen LogP contribution >= 0.6 is 0 Å². The van der Waals surface area contributed by atoms with Crippen molar-refractivity contribution in [2.75, 3.05) is 39.8 Å². The molecule has 8 heteroatoms. The molecule has 1 aromatic carbocycles. The third kappa shape index (κ3) is 6.65. The largest absolute Gasteiger partial charge is 0.347 e. The molecule has 1 aromatic rings. The lowest BCUT2D eigenvalue weighted by Gasteiger charge is -2.53. The molecule has 1 heterocycles. The van der Waals surface area contributed by atoms with Crippen molar-refractivity contribution in [3.63, 3.8) is 0 Å². The smallest absolute Gasteiger partial charge is 0.326 e. The Morgan fingerprint density at radius 2 is 1.67 bits per heavy atom. The van der Waals surface area contributed by atoms with Crippen LogP contribution in [0.1, 0.15) is 77.5 Å². The van der Waals surface area contributed by atoms with E-state index in [1.54, 1.807) is 11.9 Å². The van der Waals surface area contributed by atoms with Crippen LogP contribution in [-0.2, 0) is 14.3 Å². The molecule has 202 valence electrons. The summed E-state index contributed by atoms with van der Waals surface area (Å²) in [5.41, 5.74) is 1.36. The second-order valence-electron chi connectivity index (χ2n) is 9.75. The SMILES string of the molecule is CCC[C@@H](NC(=O)N1C(=O)C(CC)(CC)[C@@H]1OCC(=O)N(C)CCN(CC)CC)c1ccc(C)cc1. The summed E-state index contributed by atoms with van der Waals surface area (Å²) in [7, 11) is 1.76. The standard InChI is InChI=1S/C28H46N4O4/c1-8-13-23(22-16-14-21(6)15-17-22)29-27(35)32-25(34)28(9-2,10-3)26(32)36-20-24(33)30(7)18-19-31(11-4)12-5/h14-17,23,26H,8-13,18-20H2,1-7H3,(H,29,35)/t23-,26+/m1/s1. The number of amides is 4. The topological polar surface area (TPSA) is 82.2 Å². The van der Waals surface area contributed by atoms with Gasteiger partial charge in [-0.1, -0.05) is 70.9 Å². The van der Waals surface area contributed by atoms with Crippen LogP contribution in [-0.4, -0.2) is 78.6 Å². The fourth-order valence-electron chi connectivity index (χ4n) is 4.81. The number of nitrogens with one attached hydrogen (secondary N) is 1. The number of likely N-dealkylation sites (tertiary alicyclic amines) is 1. The lowest BCUT2D eigenvalue weighted by atomic mass is 9.72. The number of likely N-dealkylation sites (N-methyl/N-ethyl adjacent to an activating group) is 2. The van der Waals surface area contributed by atoms with Gasteiger partial charge in [0.2, 0.25) is 11.8 Å². The Kier molecular flexibility index (Phi) is 11.4. The van der Waals surface area contributed by atoms with Crippen LogP contribution in [0.15, 0.2) is 24.3 Å². The third-order valence-corrected chi connectivity index (χ3v) is 7.62. The number of carbonyl (C=O) groups excluding carboxylic acids is 3. The van der Waals surface area contributed by atoms with E-state index in [-0.39, 0.29) is 24.5 Å². The zero-order chi connectivity index (χ0) is 26.9. The molecule has 36 heavy (non-hydrogen) atoms. The number of imide groups is 1. The highest BCUT2D eigenvalue weighted by atomic mass is 16.5. The molecule has 0 spiro atoms. The number of carbonyl (C=O) groups is 3. The number of benzene rings is 1. The summed E-state index contributed by atoms with van der Waals surface area (Å²) in [5, 5.41) is 3.04. The molecule has 0 radical (unpaired) electrons. The van der Waals surface area contributed by atoms with Gasteiger partial charge in [-0.2, -0.15) is 0 Å². The van der Waals surface area contributed by atoms with Gasteiger partial charge < -0.3 is 19.9 Å². The van der Waals surface area contributed by atoms with Crippen LogP contribution in [0.2, 0.25) is 0 Å². The predicted molar refractivity (Wildman–Crippen MR) is 142 cm³/mol. The average Bonchev–Trinajstić information content (AvgIpc) is 2.87. The van der Waals surface area contributed by atoms with E-state index in [9.17, 15) is 14.4 Å². The quantitative estimate of drug-likeness (QED) is 0.383. The van der Waals surface area contributed by atoms with E-state index in [4.69, 9.17) is 4.74 Å². The monoisotopic (exact) mass is 502 g/mol. The molecule has 1 aliphatic heterocycles. The van der Waals surface area contributed by atoms with Crippen LogP contribution in [0.5, 0.6) is 0 Å². The van der Waals surface area contributed by atoms with E-state index in [1.165, 1.54) is 4.90 Å². The fourth-order valence-corrected chi connectivity index (χ4v) is 4.81. The summed E-state index contributed by atoms with van der Waals surface area (Å²) in [6.45, 7) is 15.2. The first-order chi connectivity index (χ1) is 17.2. The number of urea groups is 1. The molecule has 1 saturated heterocycles. The van der Waals surface area contributed by atoms with Crippen molar-refractivity contribution in [1.29, 1.82) is 0 Å². The maximum Gasteiger partial charge on any atom is 0.326 e. The van der Waals surface area contributed by atoms with Gasteiger partial charge in [0, 0.05) is 20.1 Å². The van der Waals surface area contributed by atoms with Crippen molar-refractivity contribution in [2.24, 2.45) is 5.41 Å². The first-order valence-corrected chi connectivity index (χ1v) is 13.5. The van der Waals surface area contributed by atoms with Gasteiger partial charge in [-0.3, -0.25) is 9.59 Å². The minimum Gasteiger partial charge on any atom is -0.347 e. The Morgan fingerprint density at radius 1 is 1.06 bits per heavy atom. The molecular weight excluding hydrogens is 456 g/mol. The molecule has 0 aliphatic carbocycles. The highest BCUT2D eigenvalue weighted by molar-refractivity contribution is 6.03. The molecule has 4 amide bonds. The van der Waals surface area contributed by atoms with Gasteiger partial charge in [-0.05, 0) is 44.8 Å². The van der Waals surface area contributed by atoms with Crippen molar-refractivity contribution in [3.05, 3.63) is 35.4 Å². The van der Waals surface area contributed by atoms with Crippen molar-refractivity contribution >= 4 is 17.8 Å². The summed E-state index contributed by atoms with van der Waals surface area (Å²) >= 11 is 0. The van der Waals surface area contributed by atoms with E-state index < -0.39 is 17.7 Å². The van der Waals surface area contributed by atoms with Gasteiger partial charge in [-0.25, -0.2) is 9.69 Å². The predicted octanol–water partition coefficient (Wildman–Crippen LogP) is 4.34. The van der Waals surface area contributed by atoms with Crippen molar-refractivity contribution in [1.82, 2.24) is 20.0 Å². The highest BCUT2D eigenvalue weighted by Gasteiger charge is 2.62. The average molecular weight is 503 g/mol. The lowest BCUT2D eigenvalue weighted by Crippen LogP contribution is -2.72. The van der Waals surface area contributed by atoms with E-state index in [0.717, 1.165) is 43.6 Å². The van der Waals surface area contributed by atoms with Crippen LogP contribution in [0, 0.1) is 12.3 Å². The fraction of sp³-hybridized carbons (Fsp3) is 0.679. The van der Waals surface area contributed by atoms with Gasteiger partial charge in [0.05, 0.1) is 11.5 Å². The van der Waals surface area contributed by atoms with E-state index in [0.29, 0.717) is 19.4 Å². The first-order valence-electron chi connectivity index (χ1n) is 13.5. The van der Waals surface area contributed by atoms with Crippen LogP contribution in [0.4, 0.5) is 4.79 Å². The van der Waals surface area contributed by atoms with Crippen LogP contribution < -0.4 is 5.32 Å². The number of aryl methyl sites for hydroxylation is 1. The van der Waals surface area contributed by atoms with Crippen molar-refractivity contribution < 1.29 is 19.1 Å². The molecule has 2 atom stereocenters. The number of hydrogen-bond donors (Lipinski definition) is 1. The zero-order valence-electron chi connectivity index (χ0n) is 23.3. The number of rotatable bonds is 14. The second-order valence-corrected chi connectivity index (χ2v) is 9.75.